The van der Waals surface area contributed by atoms with Crippen LogP contribution in [-0.2, 0) is 16.3 Å². The van der Waals surface area contributed by atoms with Gasteiger partial charge in [0.1, 0.15) is 0 Å². The summed E-state index contributed by atoms with van der Waals surface area (Å²) < 4.78 is 14.7. The van der Waals surface area contributed by atoms with Crippen LogP contribution in [0, 0.1) is 10.1 Å². The molecule has 0 radical (unpaired) electrons. The van der Waals surface area contributed by atoms with Crippen LogP contribution in [0.15, 0.2) is 59.5 Å². The SMILES string of the molecule is C=S(=O)(NC(=O)NCc1ccccc1)c1ccc([N+](=O)[O-])cc1. The molecule has 2 aromatic carbocycles. The molecule has 8 heteroatoms. The molecule has 120 valence electrons. The van der Waals surface area contributed by atoms with Crippen LogP contribution in [0.4, 0.5) is 10.5 Å². The Bertz CT molecular complexity index is 802. The lowest BCUT2D eigenvalue weighted by molar-refractivity contribution is -0.384. The van der Waals surface area contributed by atoms with Gasteiger partial charge in [-0.3, -0.25) is 14.8 Å². The fraction of sp³-hybridized carbons (Fsp3) is 0.0667. The Morgan fingerprint density at radius 3 is 2.30 bits per heavy atom. The molecule has 0 aliphatic carbocycles. The number of rotatable bonds is 5. The van der Waals surface area contributed by atoms with E-state index in [1.54, 1.807) is 0 Å². The Hall–Kier alpha value is -2.87. The molecule has 2 aromatic rings. The van der Waals surface area contributed by atoms with Crippen LogP contribution in [0.5, 0.6) is 0 Å². The highest BCUT2D eigenvalue weighted by Gasteiger charge is 2.13. The average molecular weight is 333 g/mol. The van der Waals surface area contributed by atoms with Crippen LogP contribution in [0.3, 0.4) is 0 Å². The van der Waals surface area contributed by atoms with Crippen LogP contribution >= 0.6 is 0 Å². The summed E-state index contributed by atoms with van der Waals surface area (Å²) in [4.78, 5) is 22.1. The molecule has 23 heavy (non-hydrogen) atoms. The van der Waals surface area contributed by atoms with Gasteiger partial charge in [-0.15, -0.1) is 0 Å². The highest BCUT2D eigenvalue weighted by molar-refractivity contribution is 7.99. The molecule has 0 aromatic heterocycles. The number of hydrogen-bond acceptors (Lipinski definition) is 4. The van der Waals surface area contributed by atoms with Gasteiger partial charge in [0.2, 0.25) is 0 Å². The zero-order valence-corrected chi connectivity index (χ0v) is 12.9. The summed E-state index contributed by atoms with van der Waals surface area (Å²) in [6.07, 6.45) is 0. The molecular weight excluding hydrogens is 318 g/mol. The van der Waals surface area contributed by atoms with Gasteiger partial charge in [-0.2, -0.15) is 0 Å². The largest absolute Gasteiger partial charge is 0.333 e. The number of carbonyl (C=O) groups is 1. The number of hydrogen-bond donors (Lipinski definition) is 2. The van der Waals surface area contributed by atoms with Gasteiger partial charge in [0, 0.05) is 18.7 Å². The summed E-state index contributed by atoms with van der Waals surface area (Å²) in [7, 11) is -3.09. The number of carbonyl (C=O) groups excluding carboxylic acids is 1. The van der Waals surface area contributed by atoms with Gasteiger partial charge in [0.25, 0.3) is 5.69 Å². The summed E-state index contributed by atoms with van der Waals surface area (Å²) in [5.74, 6) is 3.50. The van der Waals surface area contributed by atoms with Gasteiger partial charge in [0.05, 0.1) is 19.5 Å². The lowest BCUT2D eigenvalue weighted by Crippen LogP contribution is -2.38. The molecule has 0 fully saturated rings. The first kappa shape index (κ1) is 16.5. The second kappa shape index (κ2) is 6.93. The monoisotopic (exact) mass is 333 g/mol. The molecule has 0 saturated heterocycles. The maximum Gasteiger partial charge on any atom is 0.326 e. The molecule has 1 unspecified atom stereocenters. The van der Waals surface area contributed by atoms with Gasteiger partial charge in [-0.25, -0.2) is 9.00 Å². The standard InChI is InChI=1S/C15H15N3O4S/c1-23(22,14-9-7-13(8-10-14)18(20)21)17-15(19)16-11-12-5-3-2-4-6-12/h2-10H,1,11H2,(H2,16,17,19,22). The summed E-state index contributed by atoms with van der Waals surface area (Å²) in [5.41, 5.74) is 0.769. The Balaban J connectivity index is 1.99. The molecule has 0 spiro atoms. The molecule has 7 nitrogen and oxygen atoms in total. The van der Waals surface area contributed by atoms with E-state index in [1.807, 2.05) is 30.3 Å². The lowest BCUT2D eigenvalue weighted by atomic mass is 10.2. The maximum absolute atomic E-state index is 12.4. The zero-order chi connectivity index (χ0) is 16.9. The van der Waals surface area contributed by atoms with Crippen molar-refractivity contribution in [3.63, 3.8) is 0 Å². The summed E-state index contributed by atoms with van der Waals surface area (Å²) in [6.45, 7) is 0.280. The molecule has 0 heterocycles. The van der Waals surface area contributed by atoms with E-state index in [-0.39, 0.29) is 17.1 Å². The third-order valence-electron chi connectivity index (χ3n) is 2.98. The average Bonchev–Trinajstić information content (AvgIpc) is 2.53. The first-order chi connectivity index (χ1) is 10.9. The van der Waals surface area contributed by atoms with Gasteiger partial charge in [0.15, 0.2) is 0 Å². The predicted molar refractivity (Wildman–Crippen MR) is 88.4 cm³/mol. The van der Waals surface area contributed by atoms with Crippen LogP contribution in [0.1, 0.15) is 5.56 Å². The maximum atomic E-state index is 12.4. The van der Waals surface area contributed by atoms with E-state index >= 15 is 0 Å². The topological polar surface area (TPSA) is 101 Å². The highest BCUT2D eigenvalue weighted by Crippen LogP contribution is 2.15. The molecule has 1 atom stereocenters. The predicted octanol–water partition coefficient (Wildman–Crippen LogP) is 2.08. The van der Waals surface area contributed by atoms with E-state index in [1.165, 1.54) is 24.3 Å². The van der Waals surface area contributed by atoms with E-state index < -0.39 is 20.7 Å². The molecule has 0 aliphatic heterocycles. The first-order valence-corrected chi connectivity index (χ1v) is 8.32. The second-order valence-electron chi connectivity index (χ2n) is 4.70. The van der Waals surface area contributed by atoms with E-state index in [0.717, 1.165) is 5.56 Å². The minimum Gasteiger partial charge on any atom is -0.333 e. The molecule has 0 saturated carbocycles. The molecular formula is C15H15N3O4S. The molecule has 2 N–H and O–H groups in total. The number of nitrogens with zero attached hydrogens (tertiary/aromatic N) is 1. The number of nitrogens with one attached hydrogen (secondary N) is 2. The van der Waals surface area contributed by atoms with Crippen molar-refractivity contribution in [2.45, 2.75) is 11.4 Å². The van der Waals surface area contributed by atoms with Crippen LogP contribution in [0.25, 0.3) is 0 Å². The lowest BCUT2D eigenvalue weighted by Gasteiger charge is -2.12. The summed E-state index contributed by atoms with van der Waals surface area (Å²) in [5, 5.41) is 13.2. The van der Waals surface area contributed by atoms with Crippen molar-refractivity contribution in [2.24, 2.45) is 0 Å². The Morgan fingerprint density at radius 1 is 1.13 bits per heavy atom. The van der Waals surface area contributed by atoms with Crippen molar-refractivity contribution in [3.8, 4) is 0 Å². The number of non-ortho nitro benzene ring substituents is 1. The van der Waals surface area contributed by atoms with Gasteiger partial charge in [-0.1, -0.05) is 30.3 Å². The van der Waals surface area contributed by atoms with Gasteiger partial charge in [-0.05, 0) is 23.6 Å². The number of nitro groups is 1. The number of amides is 2. The zero-order valence-electron chi connectivity index (χ0n) is 12.1. The summed E-state index contributed by atoms with van der Waals surface area (Å²) in [6, 6.07) is 13.7. The first-order valence-electron chi connectivity index (χ1n) is 6.60. The van der Waals surface area contributed by atoms with Crippen molar-refractivity contribution in [1.82, 2.24) is 10.0 Å². The minimum absolute atomic E-state index is 0.127. The second-order valence-corrected chi connectivity index (χ2v) is 6.72. The van der Waals surface area contributed by atoms with Crippen LogP contribution in [-0.4, -0.2) is 21.0 Å². The quantitative estimate of drug-likeness (QED) is 0.497. The fourth-order valence-corrected chi connectivity index (χ4v) is 2.88. The third kappa shape index (κ3) is 4.55. The van der Waals surface area contributed by atoms with E-state index in [4.69, 9.17) is 0 Å². The highest BCUT2D eigenvalue weighted by atomic mass is 32.2. The number of nitro benzene ring substituents is 1. The fourth-order valence-electron chi connectivity index (χ4n) is 1.81. The Labute approximate surface area is 133 Å². The third-order valence-corrected chi connectivity index (χ3v) is 4.53. The Kier molecular flexibility index (Phi) is 4.97. The molecule has 2 rings (SSSR count). The van der Waals surface area contributed by atoms with Crippen molar-refractivity contribution in [2.75, 3.05) is 0 Å². The molecule has 0 bridgehead atoms. The van der Waals surface area contributed by atoms with E-state index in [0.29, 0.717) is 0 Å². The number of benzene rings is 2. The minimum atomic E-state index is -3.09. The smallest absolute Gasteiger partial charge is 0.326 e. The van der Waals surface area contributed by atoms with Crippen molar-refractivity contribution >= 4 is 27.3 Å². The van der Waals surface area contributed by atoms with Crippen LogP contribution in [0.2, 0.25) is 0 Å². The van der Waals surface area contributed by atoms with Crippen molar-refractivity contribution in [3.05, 3.63) is 70.3 Å². The van der Waals surface area contributed by atoms with Crippen molar-refractivity contribution in [1.29, 1.82) is 0 Å². The van der Waals surface area contributed by atoms with E-state index in [2.05, 4.69) is 15.9 Å². The normalized spacial score (nSPS) is 12.9. The van der Waals surface area contributed by atoms with Gasteiger partial charge < -0.3 is 5.32 Å². The van der Waals surface area contributed by atoms with E-state index in [9.17, 15) is 19.1 Å². The van der Waals surface area contributed by atoms with Crippen molar-refractivity contribution < 1.29 is 13.9 Å². The number of urea groups is 1. The molecule has 0 aliphatic rings. The molecule has 2 amide bonds. The van der Waals surface area contributed by atoms with Gasteiger partial charge >= 0.3 is 6.03 Å². The van der Waals surface area contributed by atoms with Crippen LogP contribution < -0.4 is 10.0 Å². The Morgan fingerprint density at radius 2 is 1.74 bits per heavy atom. The summed E-state index contributed by atoms with van der Waals surface area (Å²) >= 11 is 0.